The van der Waals surface area contributed by atoms with Gasteiger partial charge in [0.05, 0.1) is 0 Å². The molecule has 0 spiro atoms. The van der Waals surface area contributed by atoms with E-state index in [4.69, 9.17) is 0 Å². The molecule has 0 aromatic carbocycles. The molecule has 6 heteroatoms. The van der Waals surface area contributed by atoms with E-state index in [-0.39, 0.29) is 17.1 Å². The molecule has 1 unspecified atom stereocenters. The van der Waals surface area contributed by atoms with E-state index >= 15 is 0 Å². The SMILES string of the molecule is CC(C)(C)C1CCN(C(=O)c2nn[nH]n2)C1. The fourth-order valence-electron chi connectivity index (χ4n) is 2.05. The molecule has 0 aliphatic carbocycles. The summed E-state index contributed by atoms with van der Waals surface area (Å²) in [5, 5.41) is 13.1. The van der Waals surface area contributed by atoms with Gasteiger partial charge in [0.2, 0.25) is 0 Å². The van der Waals surface area contributed by atoms with Crippen LogP contribution in [0.25, 0.3) is 0 Å². The van der Waals surface area contributed by atoms with Gasteiger partial charge < -0.3 is 4.90 Å². The van der Waals surface area contributed by atoms with Crippen LogP contribution in [-0.2, 0) is 0 Å². The second-order valence-corrected chi connectivity index (χ2v) is 5.34. The van der Waals surface area contributed by atoms with Gasteiger partial charge in [-0.1, -0.05) is 20.8 Å². The zero-order valence-electron chi connectivity index (χ0n) is 9.90. The van der Waals surface area contributed by atoms with Crippen LogP contribution in [0.15, 0.2) is 0 Å². The van der Waals surface area contributed by atoms with Crippen LogP contribution >= 0.6 is 0 Å². The average Bonchev–Trinajstić information content (AvgIpc) is 2.87. The van der Waals surface area contributed by atoms with Gasteiger partial charge in [0.1, 0.15) is 0 Å². The molecule has 1 atom stereocenters. The lowest BCUT2D eigenvalue weighted by atomic mass is 9.80. The highest BCUT2D eigenvalue weighted by atomic mass is 16.2. The van der Waals surface area contributed by atoms with E-state index in [2.05, 4.69) is 41.4 Å². The summed E-state index contributed by atoms with van der Waals surface area (Å²) >= 11 is 0. The Kier molecular flexibility index (Phi) is 2.65. The van der Waals surface area contributed by atoms with Gasteiger partial charge in [-0.25, -0.2) is 0 Å². The molecule has 0 saturated carbocycles. The highest BCUT2D eigenvalue weighted by Crippen LogP contribution is 2.33. The van der Waals surface area contributed by atoms with Gasteiger partial charge in [-0.3, -0.25) is 4.79 Å². The Labute approximate surface area is 94.4 Å². The van der Waals surface area contributed by atoms with Gasteiger partial charge in [-0.15, -0.1) is 10.2 Å². The number of likely N-dealkylation sites (tertiary alicyclic amines) is 1. The third kappa shape index (κ3) is 2.05. The maximum absolute atomic E-state index is 11.9. The van der Waals surface area contributed by atoms with Crippen molar-refractivity contribution >= 4 is 5.91 Å². The number of H-pyrrole nitrogens is 1. The first-order chi connectivity index (χ1) is 7.48. The van der Waals surface area contributed by atoms with Crippen molar-refractivity contribution in [1.82, 2.24) is 25.5 Å². The molecule has 2 heterocycles. The number of nitrogens with zero attached hydrogens (tertiary/aromatic N) is 4. The summed E-state index contributed by atoms with van der Waals surface area (Å²) in [6.45, 7) is 8.20. The Balaban J connectivity index is 2.02. The van der Waals surface area contributed by atoms with E-state index in [1.165, 1.54) is 0 Å². The first-order valence-corrected chi connectivity index (χ1v) is 5.51. The average molecular weight is 223 g/mol. The summed E-state index contributed by atoms with van der Waals surface area (Å²) in [6, 6.07) is 0. The molecular formula is C10H17N5O. The Hall–Kier alpha value is -1.46. The van der Waals surface area contributed by atoms with Gasteiger partial charge in [0.25, 0.3) is 11.7 Å². The first-order valence-electron chi connectivity index (χ1n) is 5.51. The molecular weight excluding hydrogens is 206 g/mol. The van der Waals surface area contributed by atoms with E-state index in [0.717, 1.165) is 19.5 Å². The number of amides is 1. The van der Waals surface area contributed by atoms with Crippen molar-refractivity contribution in [2.75, 3.05) is 13.1 Å². The van der Waals surface area contributed by atoms with Crippen LogP contribution < -0.4 is 0 Å². The zero-order valence-corrected chi connectivity index (χ0v) is 9.90. The van der Waals surface area contributed by atoms with Crippen molar-refractivity contribution in [2.45, 2.75) is 27.2 Å². The zero-order chi connectivity index (χ0) is 11.8. The number of aromatic nitrogens is 4. The molecule has 1 aromatic heterocycles. The van der Waals surface area contributed by atoms with Gasteiger partial charge in [0.15, 0.2) is 0 Å². The third-order valence-electron chi connectivity index (χ3n) is 3.24. The number of rotatable bonds is 1. The lowest BCUT2D eigenvalue weighted by molar-refractivity contribution is 0.0764. The summed E-state index contributed by atoms with van der Waals surface area (Å²) in [6.07, 6.45) is 1.05. The summed E-state index contributed by atoms with van der Waals surface area (Å²) in [5.74, 6) is 0.582. The van der Waals surface area contributed by atoms with Crippen molar-refractivity contribution in [3.05, 3.63) is 5.82 Å². The number of aromatic amines is 1. The van der Waals surface area contributed by atoms with Crippen LogP contribution in [0, 0.1) is 11.3 Å². The lowest BCUT2D eigenvalue weighted by Gasteiger charge is -2.26. The monoisotopic (exact) mass is 223 g/mol. The van der Waals surface area contributed by atoms with E-state index in [1.807, 2.05) is 0 Å². The van der Waals surface area contributed by atoms with Gasteiger partial charge >= 0.3 is 0 Å². The molecule has 6 nitrogen and oxygen atoms in total. The predicted octanol–water partition coefficient (Wildman–Crippen LogP) is 0.708. The molecule has 1 aliphatic heterocycles. The topological polar surface area (TPSA) is 74.8 Å². The number of nitrogens with one attached hydrogen (secondary N) is 1. The maximum Gasteiger partial charge on any atom is 0.295 e. The maximum atomic E-state index is 11.9. The fourth-order valence-corrected chi connectivity index (χ4v) is 2.05. The summed E-state index contributed by atoms with van der Waals surface area (Å²) in [5.41, 5.74) is 0.242. The molecule has 1 N–H and O–H groups in total. The second kappa shape index (κ2) is 3.84. The first kappa shape index (κ1) is 11.0. The molecule has 0 radical (unpaired) electrons. The van der Waals surface area contributed by atoms with E-state index < -0.39 is 0 Å². The molecule has 88 valence electrons. The molecule has 1 aromatic rings. The standard InChI is InChI=1S/C10H17N5O/c1-10(2,3)7-4-5-15(6-7)9(16)8-11-13-14-12-8/h7H,4-6H2,1-3H3,(H,11,12,13,14). The summed E-state index contributed by atoms with van der Waals surface area (Å²) in [4.78, 5) is 13.7. The van der Waals surface area contributed by atoms with Gasteiger partial charge in [0, 0.05) is 13.1 Å². The van der Waals surface area contributed by atoms with Crippen molar-refractivity contribution in [2.24, 2.45) is 11.3 Å². The van der Waals surface area contributed by atoms with E-state index in [1.54, 1.807) is 4.90 Å². The molecule has 0 bridgehead atoms. The minimum atomic E-state index is -0.125. The number of carbonyl (C=O) groups excluding carboxylic acids is 1. The highest BCUT2D eigenvalue weighted by molar-refractivity contribution is 5.90. The number of hydrogen-bond donors (Lipinski definition) is 1. The third-order valence-corrected chi connectivity index (χ3v) is 3.24. The van der Waals surface area contributed by atoms with Crippen molar-refractivity contribution in [3.63, 3.8) is 0 Å². The van der Waals surface area contributed by atoms with Crippen molar-refractivity contribution in [3.8, 4) is 0 Å². The minimum absolute atomic E-state index is 0.125. The number of tetrazole rings is 1. The molecule has 1 fully saturated rings. The summed E-state index contributed by atoms with van der Waals surface area (Å²) < 4.78 is 0. The Morgan fingerprint density at radius 2 is 2.25 bits per heavy atom. The molecule has 1 aliphatic rings. The fraction of sp³-hybridized carbons (Fsp3) is 0.800. The highest BCUT2D eigenvalue weighted by Gasteiger charge is 2.35. The van der Waals surface area contributed by atoms with Crippen LogP contribution in [0.4, 0.5) is 0 Å². The predicted molar refractivity (Wildman–Crippen MR) is 57.6 cm³/mol. The molecule has 16 heavy (non-hydrogen) atoms. The van der Waals surface area contributed by atoms with Crippen LogP contribution in [0.1, 0.15) is 37.8 Å². The van der Waals surface area contributed by atoms with Crippen LogP contribution in [0.3, 0.4) is 0 Å². The number of hydrogen-bond acceptors (Lipinski definition) is 4. The largest absolute Gasteiger partial charge is 0.336 e. The van der Waals surface area contributed by atoms with E-state index in [9.17, 15) is 4.79 Å². The molecule has 1 amide bonds. The Morgan fingerprint density at radius 1 is 1.50 bits per heavy atom. The Bertz CT molecular complexity index is 367. The van der Waals surface area contributed by atoms with Crippen molar-refractivity contribution < 1.29 is 4.79 Å². The minimum Gasteiger partial charge on any atom is -0.336 e. The molecule has 1 saturated heterocycles. The quantitative estimate of drug-likeness (QED) is 0.760. The number of carbonyl (C=O) groups is 1. The normalized spacial score (nSPS) is 21.4. The molecule has 2 rings (SSSR count). The van der Waals surface area contributed by atoms with Crippen LogP contribution in [0.5, 0.6) is 0 Å². The smallest absolute Gasteiger partial charge is 0.295 e. The van der Waals surface area contributed by atoms with Crippen LogP contribution in [-0.4, -0.2) is 44.5 Å². The van der Waals surface area contributed by atoms with Crippen LogP contribution in [0.2, 0.25) is 0 Å². The Morgan fingerprint density at radius 3 is 2.75 bits per heavy atom. The van der Waals surface area contributed by atoms with Gasteiger partial charge in [-0.05, 0) is 23.0 Å². The van der Waals surface area contributed by atoms with Crippen molar-refractivity contribution in [1.29, 1.82) is 0 Å². The second-order valence-electron chi connectivity index (χ2n) is 5.34. The van der Waals surface area contributed by atoms with Gasteiger partial charge in [-0.2, -0.15) is 5.21 Å². The lowest BCUT2D eigenvalue weighted by Crippen LogP contribution is -2.31. The van der Waals surface area contributed by atoms with E-state index in [0.29, 0.717) is 5.92 Å². The summed E-state index contributed by atoms with van der Waals surface area (Å²) in [7, 11) is 0.